The van der Waals surface area contributed by atoms with Gasteiger partial charge >= 0.3 is 0 Å². The van der Waals surface area contributed by atoms with Gasteiger partial charge < -0.3 is 10.6 Å². The molecule has 0 aromatic carbocycles. The summed E-state index contributed by atoms with van der Waals surface area (Å²) in [4.78, 5) is 16.1. The Morgan fingerprint density at radius 2 is 2.18 bits per heavy atom. The Kier molecular flexibility index (Phi) is 5.76. The summed E-state index contributed by atoms with van der Waals surface area (Å²) in [7, 11) is -2.92. The molecule has 1 aliphatic heterocycles. The molecule has 1 amide bonds. The first-order valence-corrected chi connectivity index (χ1v) is 9.52. The Hall–Kier alpha value is -1.63. The van der Waals surface area contributed by atoms with E-state index in [0.717, 1.165) is 19.3 Å². The molecule has 1 atom stereocenters. The Morgan fingerprint density at radius 3 is 2.86 bits per heavy atom. The van der Waals surface area contributed by atoms with E-state index in [1.807, 2.05) is 0 Å². The number of anilines is 1. The molecule has 0 radical (unpaired) electrons. The first-order chi connectivity index (χ1) is 10.5. The smallest absolute Gasteiger partial charge is 0.252 e. The Balaban J connectivity index is 1.91. The molecule has 6 nitrogen and oxygen atoms in total. The molecule has 2 rings (SSSR count). The summed E-state index contributed by atoms with van der Waals surface area (Å²) in [5.74, 6) is 0.210. The molecule has 1 aromatic heterocycles. The van der Waals surface area contributed by atoms with Gasteiger partial charge in [-0.3, -0.25) is 9.78 Å². The fourth-order valence-corrected chi connectivity index (χ4v) is 4.14. The van der Waals surface area contributed by atoms with Crippen LogP contribution in [0.15, 0.2) is 18.5 Å². The number of nitrogens with zero attached hydrogens (tertiary/aromatic N) is 1. The summed E-state index contributed by atoms with van der Waals surface area (Å²) in [5.41, 5.74) is 1.17. The summed E-state index contributed by atoms with van der Waals surface area (Å²) in [5, 5.41) is 6.01. The van der Waals surface area contributed by atoms with Crippen LogP contribution in [0, 0.1) is 0 Å². The van der Waals surface area contributed by atoms with Gasteiger partial charge in [0.05, 0.1) is 22.8 Å². The number of unbranched alkanes of at least 4 members (excludes halogenated alkanes) is 2. The van der Waals surface area contributed by atoms with Crippen molar-refractivity contribution in [2.75, 3.05) is 23.4 Å². The summed E-state index contributed by atoms with van der Waals surface area (Å²) in [6.45, 7) is 2.77. The van der Waals surface area contributed by atoms with Crippen molar-refractivity contribution in [2.24, 2.45) is 0 Å². The molecule has 2 heterocycles. The largest absolute Gasteiger partial charge is 0.380 e. The maximum atomic E-state index is 12.0. The zero-order chi connectivity index (χ0) is 16.0. The Bertz CT molecular complexity index is 616. The maximum Gasteiger partial charge on any atom is 0.252 e. The number of carbonyl (C=O) groups is 1. The van der Waals surface area contributed by atoms with E-state index in [1.54, 1.807) is 12.3 Å². The lowest BCUT2D eigenvalue weighted by Gasteiger charge is -2.13. The van der Waals surface area contributed by atoms with Gasteiger partial charge in [0, 0.05) is 25.0 Å². The summed E-state index contributed by atoms with van der Waals surface area (Å²) in [6, 6.07) is 1.61. The third-order valence-electron chi connectivity index (χ3n) is 3.67. The SMILES string of the molecule is CCCCCNC(=O)c1cncc(NC2CCS(=O)(=O)C2)c1. The molecular formula is C15H23N3O3S. The topological polar surface area (TPSA) is 88.2 Å². The molecule has 7 heteroatoms. The highest BCUT2D eigenvalue weighted by molar-refractivity contribution is 7.91. The van der Waals surface area contributed by atoms with Crippen molar-refractivity contribution in [3.8, 4) is 0 Å². The van der Waals surface area contributed by atoms with E-state index in [4.69, 9.17) is 0 Å². The van der Waals surface area contributed by atoms with E-state index in [9.17, 15) is 13.2 Å². The van der Waals surface area contributed by atoms with Crippen molar-refractivity contribution in [1.29, 1.82) is 0 Å². The molecular weight excluding hydrogens is 302 g/mol. The van der Waals surface area contributed by atoms with Crippen LogP contribution in [0.4, 0.5) is 5.69 Å². The average molecular weight is 325 g/mol. The predicted molar refractivity (Wildman–Crippen MR) is 86.8 cm³/mol. The summed E-state index contributed by atoms with van der Waals surface area (Å²) >= 11 is 0. The van der Waals surface area contributed by atoms with E-state index in [2.05, 4.69) is 22.5 Å². The zero-order valence-corrected chi connectivity index (χ0v) is 13.7. The number of hydrogen-bond acceptors (Lipinski definition) is 5. The third-order valence-corrected chi connectivity index (χ3v) is 5.44. The highest BCUT2D eigenvalue weighted by Crippen LogP contribution is 2.17. The number of hydrogen-bond donors (Lipinski definition) is 2. The highest BCUT2D eigenvalue weighted by atomic mass is 32.2. The molecule has 1 aliphatic rings. The van der Waals surface area contributed by atoms with E-state index >= 15 is 0 Å². The molecule has 0 saturated carbocycles. The lowest BCUT2D eigenvalue weighted by atomic mass is 10.2. The minimum Gasteiger partial charge on any atom is -0.380 e. The lowest BCUT2D eigenvalue weighted by Crippen LogP contribution is -2.25. The van der Waals surface area contributed by atoms with Crippen molar-refractivity contribution in [3.63, 3.8) is 0 Å². The van der Waals surface area contributed by atoms with Gasteiger partial charge in [-0.25, -0.2) is 8.42 Å². The minimum absolute atomic E-state index is 0.102. The molecule has 2 N–H and O–H groups in total. The summed E-state index contributed by atoms with van der Waals surface area (Å²) < 4.78 is 22.9. The van der Waals surface area contributed by atoms with Gasteiger partial charge in [0.25, 0.3) is 5.91 Å². The van der Waals surface area contributed by atoms with Crippen LogP contribution < -0.4 is 10.6 Å². The van der Waals surface area contributed by atoms with Crippen molar-refractivity contribution in [2.45, 2.75) is 38.6 Å². The third kappa shape index (κ3) is 4.98. The highest BCUT2D eigenvalue weighted by Gasteiger charge is 2.27. The zero-order valence-electron chi connectivity index (χ0n) is 12.8. The van der Waals surface area contributed by atoms with Gasteiger partial charge in [-0.2, -0.15) is 0 Å². The van der Waals surface area contributed by atoms with E-state index in [1.165, 1.54) is 6.20 Å². The molecule has 1 aromatic rings. The first kappa shape index (κ1) is 16.7. The molecule has 0 bridgehead atoms. The average Bonchev–Trinajstić information content (AvgIpc) is 2.82. The van der Waals surface area contributed by atoms with Crippen LogP contribution in [0.5, 0.6) is 0 Å². The number of carbonyl (C=O) groups excluding carboxylic acids is 1. The van der Waals surface area contributed by atoms with Crippen LogP contribution in [0.2, 0.25) is 0 Å². The summed E-state index contributed by atoms with van der Waals surface area (Å²) in [6.07, 6.45) is 6.89. The van der Waals surface area contributed by atoms with E-state index in [0.29, 0.717) is 24.2 Å². The Labute approximate surface area is 131 Å². The van der Waals surface area contributed by atoms with Gasteiger partial charge in [0.1, 0.15) is 0 Å². The van der Waals surface area contributed by atoms with E-state index in [-0.39, 0.29) is 23.5 Å². The molecule has 1 unspecified atom stereocenters. The fourth-order valence-electron chi connectivity index (χ4n) is 2.47. The number of sulfone groups is 1. The van der Waals surface area contributed by atoms with Crippen molar-refractivity contribution in [3.05, 3.63) is 24.0 Å². The quantitative estimate of drug-likeness (QED) is 0.744. The second-order valence-electron chi connectivity index (χ2n) is 5.67. The number of pyridine rings is 1. The van der Waals surface area contributed by atoms with Crippen molar-refractivity contribution >= 4 is 21.4 Å². The monoisotopic (exact) mass is 325 g/mol. The maximum absolute atomic E-state index is 12.0. The molecule has 1 fully saturated rings. The molecule has 122 valence electrons. The Morgan fingerprint density at radius 1 is 1.36 bits per heavy atom. The minimum atomic E-state index is -2.92. The van der Waals surface area contributed by atoms with Crippen LogP contribution in [0.25, 0.3) is 0 Å². The van der Waals surface area contributed by atoms with Gasteiger partial charge in [0.2, 0.25) is 0 Å². The van der Waals surface area contributed by atoms with Crippen molar-refractivity contribution < 1.29 is 13.2 Å². The second kappa shape index (κ2) is 7.58. The number of rotatable bonds is 7. The molecule has 22 heavy (non-hydrogen) atoms. The van der Waals surface area contributed by atoms with Crippen molar-refractivity contribution in [1.82, 2.24) is 10.3 Å². The van der Waals surface area contributed by atoms with Crippen LogP contribution in [0.1, 0.15) is 43.0 Å². The molecule has 0 spiro atoms. The lowest BCUT2D eigenvalue weighted by molar-refractivity contribution is 0.0952. The second-order valence-corrected chi connectivity index (χ2v) is 7.90. The van der Waals surface area contributed by atoms with E-state index < -0.39 is 9.84 Å². The standard InChI is InChI=1S/C15H23N3O3S/c1-2-3-4-6-17-15(19)12-8-14(10-16-9-12)18-13-5-7-22(20,21)11-13/h8-10,13,18H,2-7,11H2,1H3,(H,17,19). The fraction of sp³-hybridized carbons (Fsp3) is 0.600. The number of nitrogens with one attached hydrogen (secondary N) is 2. The van der Waals surface area contributed by atoms with Crippen LogP contribution in [0.3, 0.4) is 0 Å². The molecule has 1 saturated heterocycles. The van der Waals surface area contributed by atoms with Crippen LogP contribution in [-0.4, -0.2) is 43.4 Å². The van der Waals surface area contributed by atoms with Gasteiger partial charge in [-0.15, -0.1) is 0 Å². The number of amides is 1. The van der Waals surface area contributed by atoms with Gasteiger partial charge in [-0.1, -0.05) is 19.8 Å². The van der Waals surface area contributed by atoms with Gasteiger partial charge in [0.15, 0.2) is 9.84 Å². The molecule has 0 aliphatic carbocycles. The van der Waals surface area contributed by atoms with Gasteiger partial charge in [-0.05, 0) is 18.9 Å². The normalized spacial score (nSPS) is 19.8. The predicted octanol–water partition coefficient (Wildman–Crippen LogP) is 1.60. The van der Waals surface area contributed by atoms with Crippen LogP contribution in [-0.2, 0) is 9.84 Å². The van der Waals surface area contributed by atoms with Crippen LogP contribution >= 0.6 is 0 Å². The number of aromatic nitrogens is 1. The first-order valence-electron chi connectivity index (χ1n) is 7.70.